The fraction of sp³-hybridized carbons (Fsp3) is 0.333. The average molecular weight is 142 g/mol. The number of allylic oxidation sites excluding steroid dienone is 4. The molecule has 0 aromatic heterocycles. The van der Waals surface area contributed by atoms with Crippen LogP contribution in [0.25, 0.3) is 0 Å². The molecule has 0 aromatic rings. The van der Waals surface area contributed by atoms with E-state index < -0.39 is 0 Å². The molecule has 0 N–H and O–H groups in total. The van der Waals surface area contributed by atoms with Gasteiger partial charge in [-0.15, -0.1) is 0 Å². The van der Waals surface area contributed by atoms with Gasteiger partial charge in [0.2, 0.25) is 0 Å². The van der Waals surface area contributed by atoms with Gasteiger partial charge in [-0.3, -0.25) is 4.39 Å². The predicted molar refractivity (Wildman–Crippen MR) is 45.8 cm³/mol. The first-order valence-corrected chi connectivity index (χ1v) is 3.20. The third-order valence-electron chi connectivity index (χ3n) is 0.703. The van der Waals surface area contributed by atoms with E-state index in [1.165, 1.54) is 6.92 Å². The van der Waals surface area contributed by atoms with Gasteiger partial charge in [0.05, 0.1) is 6.67 Å². The van der Waals surface area contributed by atoms with Crippen molar-refractivity contribution in [3.8, 4) is 0 Å². The van der Waals surface area contributed by atoms with E-state index >= 15 is 0 Å². The summed E-state index contributed by atoms with van der Waals surface area (Å²) in [5.41, 5.74) is 1.15. The van der Waals surface area contributed by atoms with E-state index in [1.807, 2.05) is 13.0 Å². The van der Waals surface area contributed by atoms with Crippen molar-refractivity contribution < 1.29 is 4.39 Å². The Kier molecular flexibility index (Phi) is 13.1. The molecule has 0 aliphatic heterocycles. The first-order chi connectivity index (χ1) is 4.72. The molecule has 0 saturated heterocycles. The molecule has 0 fully saturated rings. The Balaban J connectivity index is 0. The molecule has 0 spiro atoms. The molecule has 0 amide bonds. The highest BCUT2D eigenvalue weighted by Crippen LogP contribution is 1.90. The molecule has 0 radical (unpaired) electrons. The van der Waals surface area contributed by atoms with Gasteiger partial charge >= 0.3 is 0 Å². The number of halogens is 1. The fourth-order valence-electron chi connectivity index (χ4n) is 0.254. The second kappa shape index (κ2) is 11.0. The summed E-state index contributed by atoms with van der Waals surface area (Å²) in [5.74, 6) is 0. The monoisotopic (exact) mass is 142 g/mol. The normalized spacial score (nSPS) is 9.30. The van der Waals surface area contributed by atoms with E-state index in [0.717, 1.165) is 5.57 Å². The van der Waals surface area contributed by atoms with Crippen molar-refractivity contribution in [3.63, 3.8) is 0 Å². The lowest BCUT2D eigenvalue weighted by Gasteiger charge is -1.80. The number of hydrogen-bond donors (Lipinski definition) is 0. The van der Waals surface area contributed by atoms with Crippen molar-refractivity contribution in [1.82, 2.24) is 0 Å². The highest BCUT2D eigenvalue weighted by Gasteiger charge is 1.68. The van der Waals surface area contributed by atoms with Crippen LogP contribution in [0.4, 0.5) is 4.39 Å². The number of alkyl halides is 1. The lowest BCUT2D eigenvalue weighted by molar-refractivity contribution is 0.527. The Morgan fingerprint density at radius 3 is 2.00 bits per heavy atom. The Hall–Kier alpha value is -0.850. The van der Waals surface area contributed by atoms with Crippen LogP contribution in [0.1, 0.15) is 13.8 Å². The van der Waals surface area contributed by atoms with Gasteiger partial charge in [0.25, 0.3) is 0 Å². The Morgan fingerprint density at radius 2 is 1.90 bits per heavy atom. The second-order valence-electron chi connectivity index (χ2n) is 1.62. The largest absolute Gasteiger partial charge is 0.251 e. The summed E-state index contributed by atoms with van der Waals surface area (Å²) in [5, 5.41) is 0. The van der Waals surface area contributed by atoms with Gasteiger partial charge in [-0.1, -0.05) is 37.0 Å². The molecule has 58 valence electrons. The second-order valence-corrected chi connectivity index (χ2v) is 1.62. The molecule has 0 rings (SSSR count). The summed E-state index contributed by atoms with van der Waals surface area (Å²) in [7, 11) is 0. The molecule has 0 nitrogen and oxygen atoms in total. The first-order valence-electron chi connectivity index (χ1n) is 3.20. The summed E-state index contributed by atoms with van der Waals surface area (Å²) in [6.45, 7) is 10.3. The van der Waals surface area contributed by atoms with Gasteiger partial charge in [0.15, 0.2) is 0 Å². The highest BCUT2D eigenvalue weighted by molar-refractivity contribution is 5.17. The molecule has 0 saturated carbocycles. The van der Waals surface area contributed by atoms with Crippen molar-refractivity contribution >= 4 is 0 Å². The van der Waals surface area contributed by atoms with Crippen LogP contribution in [0, 0.1) is 0 Å². The van der Waals surface area contributed by atoms with Crippen LogP contribution in [-0.4, -0.2) is 6.67 Å². The summed E-state index contributed by atoms with van der Waals surface area (Å²) in [4.78, 5) is 0. The topological polar surface area (TPSA) is 0 Å². The minimum absolute atomic E-state index is 0.250. The van der Waals surface area contributed by atoms with E-state index in [0.29, 0.717) is 0 Å². The first kappa shape index (κ1) is 11.9. The van der Waals surface area contributed by atoms with Crippen LogP contribution >= 0.6 is 0 Å². The van der Waals surface area contributed by atoms with Crippen LogP contribution in [0.5, 0.6) is 0 Å². The van der Waals surface area contributed by atoms with Crippen molar-refractivity contribution in [2.75, 3.05) is 6.67 Å². The minimum atomic E-state index is -0.250. The molecule has 0 heterocycles. The molecule has 0 unspecified atom stereocenters. The summed E-state index contributed by atoms with van der Waals surface area (Å²) in [6.07, 6.45) is 5.45. The zero-order valence-corrected chi connectivity index (χ0v) is 6.73. The third kappa shape index (κ3) is 15.7. The fourth-order valence-corrected chi connectivity index (χ4v) is 0.254. The van der Waals surface area contributed by atoms with Crippen molar-refractivity contribution in [2.45, 2.75) is 13.8 Å². The van der Waals surface area contributed by atoms with E-state index in [-0.39, 0.29) is 6.67 Å². The summed E-state index contributed by atoms with van der Waals surface area (Å²) >= 11 is 0. The third-order valence-corrected chi connectivity index (χ3v) is 0.703. The van der Waals surface area contributed by atoms with Gasteiger partial charge in [-0.2, -0.15) is 0 Å². The standard InChI is InChI=1S/C7H10.C2H5F/c1-4-6-7(3)5-2;1-2-3/h4-6H,1-2H2,3H3;2H2,1H3/b7-6-;. The molecule has 10 heavy (non-hydrogen) atoms. The molecule has 0 aliphatic rings. The van der Waals surface area contributed by atoms with Crippen LogP contribution in [0.2, 0.25) is 0 Å². The van der Waals surface area contributed by atoms with E-state index in [1.54, 1.807) is 12.2 Å². The minimum Gasteiger partial charge on any atom is -0.251 e. The SMILES string of the molecule is C=C/C=C(/C)C=C.CCF. The molecular weight excluding hydrogens is 127 g/mol. The van der Waals surface area contributed by atoms with Crippen molar-refractivity contribution in [2.24, 2.45) is 0 Å². The maximum absolute atomic E-state index is 10.3. The zero-order chi connectivity index (χ0) is 8.41. The molecule has 1 heteroatoms. The van der Waals surface area contributed by atoms with Crippen LogP contribution in [-0.2, 0) is 0 Å². The predicted octanol–water partition coefficient (Wildman–Crippen LogP) is 3.28. The summed E-state index contributed by atoms with van der Waals surface area (Å²) < 4.78 is 10.3. The smallest absolute Gasteiger partial charge is 0.0866 e. The zero-order valence-electron chi connectivity index (χ0n) is 6.73. The Bertz CT molecular complexity index is 112. The molecule has 0 bridgehead atoms. The van der Waals surface area contributed by atoms with Crippen LogP contribution < -0.4 is 0 Å². The maximum Gasteiger partial charge on any atom is 0.0866 e. The van der Waals surface area contributed by atoms with Gasteiger partial charge in [-0.05, 0) is 13.8 Å². The lowest BCUT2D eigenvalue weighted by Crippen LogP contribution is -1.58. The maximum atomic E-state index is 10.3. The van der Waals surface area contributed by atoms with Gasteiger partial charge in [-0.25, -0.2) is 0 Å². The van der Waals surface area contributed by atoms with Crippen molar-refractivity contribution in [1.29, 1.82) is 0 Å². The van der Waals surface area contributed by atoms with Gasteiger partial charge in [0.1, 0.15) is 0 Å². The van der Waals surface area contributed by atoms with E-state index in [2.05, 4.69) is 13.2 Å². The quantitative estimate of drug-likeness (QED) is 0.519. The highest BCUT2D eigenvalue weighted by atomic mass is 19.1. The average Bonchev–Trinajstić information content (AvgIpc) is 1.90. The molecular formula is C9H15F. The number of hydrogen-bond acceptors (Lipinski definition) is 0. The molecule has 0 aliphatic carbocycles. The lowest BCUT2D eigenvalue weighted by atomic mass is 10.3. The molecule has 0 aromatic carbocycles. The van der Waals surface area contributed by atoms with E-state index in [4.69, 9.17) is 0 Å². The summed E-state index contributed by atoms with van der Waals surface area (Å²) in [6, 6.07) is 0. The van der Waals surface area contributed by atoms with Crippen LogP contribution in [0.15, 0.2) is 37.0 Å². The van der Waals surface area contributed by atoms with Gasteiger partial charge in [0, 0.05) is 0 Å². The Labute approximate surface area is 62.8 Å². The molecule has 0 atom stereocenters. The Morgan fingerprint density at radius 1 is 1.50 bits per heavy atom. The van der Waals surface area contributed by atoms with Crippen LogP contribution in [0.3, 0.4) is 0 Å². The van der Waals surface area contributed by atoms with Gasteiger partial charge < -0.3 is 0 Å². The van der Waals surface area contributed by atoms with E-state index in [9.17, 15) is 4.39 Å². The number of rotatable bonds is 2. The van der Waals surface area contributed by atoms with Crippen molar-refractivity contribution in [3.05, 3.63) is 37.0 Å².